The molecule has 2 aromatic carbocycles. The van der Waals surface area contributed by atoms with Gasteiger partial charge in [0.2, 0.25) is 15.9 Å². The molecule has 0 aromatic heterocycles. The summed E-state index contributed by atoms with van der Waals surface area (Å²) in [5.74, 6) is 0.351. The Kier molecular flexibility index (Phi) is 6.43. The van der Waals surface area contributed by atoms with Gasteiger partial charge in [-0.3, -0.25) is 4.79 Å². The summed E-state index contributed by atoms with van der Waals surface area (Å²) in [4.78, 5) is 12.2. The molecular formula is C22H25FN2O5S. The van der Waals surface area contributed by atoms with Crippen LogP contribution in [0.5, 0.6) is 11.5 Å². The first-order chi connectivity index (χ1) is 14.9. The number of amides is 1. The smallest absolute Gasteiger partial charge is 0.245 e. The topological polar surface area (TPSA) is 84.9 Å². The van der Waals surface area contributed by atoms with E-state index in [0.717, 1.165) is 23.1 Å². The van der Waals surface area contributed by atoms with Crippen molar-refractivity contribution in [1.82, 2.24) is 9.62 Å². The maximum atomic E-state index is 13.9. The first-order valence-electron chi connectivity index (χ1n) is 10.4. The molecule has 4 rings (SSSR count). The quantitative estimate of drug-likeness (QED) is 0.733. The van der Waals surface area contributed by atoms with Gasteiger partial charge in [-0.1, -0.05) is 18.2 Å². The van der Waals surface area contributed by atoms with Gasteiger partial charge in [0.25, 0.3) is 0 Å². The Morgan fingerprint density at radius 2 is 1.77 bits per heavy atom. The predicted molar refractivity (Wildman–Crippen MR) is 112 cm³/mol. The van der Waals surface area contributed by atoms with Crippen molar-refractivity contribution in [3.8, 4) is 11.5 Å². The Bertz CT molecular complexity index is 1050. The second-order valence-electron chi connectivity index (χ2n) is 7.63. The molecule has 9 heteroatoms. The lowest BCUT2D eigenvalue weighted by Gasteiger charge is -2.30. The van der Waals surface area contributed by atoms with E-state index in [1.165, 1.54) is 22.5 Å². The average molecular weight is 449 g/mol. The third-order valence-electron chi connectivity index (χ3n) is 5.60. The van der Waals surface area contributed by atoms with Crippen LogP contribution in [0.3, 0.4) is 0 Å². The normalized spacial score (nSPS) is 17.3. The minimum Gasteiger partial charge on any atom is -0.486 e. The highest BCUT2D eigenvalue weighted by molar-refractivity contribution is 7.89. The van der Waals surface area contributed by atoms with Crippen molar-refractivity contribution in [2.45, 2.75) is 24.2 Å². The molecule has 0 atom stereocenters. The Morgan fingerprint density at radius 1 is 1.06 bits per heavy atom. The second kappa shape index (κ2) is 9.23. The number of sulfonamides is 1. The van der Waals surface area contributed by atoms with Crippen molar-refractivity contribution >= 4 is 15.9 Å². The second-order valence-corrected chi connectivity index (χ2v) is 9.53. The average Bonchev–Trinajstić information content (AvgIpc) is 2.79. The molecule has 0 aliphatic carbocycles. The number of nitrogens with one attached hydrogen (secondary N) is 1. The molecule has 166 valence electrons. The third kappa shape index (κ3) is 4.83. The van der Waals surface area contributed by atoms with Gasteiger partial charge in [-0.25, -0.2) is 12.8 Å². The molecule has 0 bridgehead atoms. The van der Waals surface area contributed by atoms with Gasteiger partial charge < -0.3 is 14.8 Å². The van der Waals surface area contributed by atoms with E-state index in [9.17, 15) is 17.6 Å². The van der Waals surface area contributed by atoms with Gasteiger partial charge in [0, 0.05) is 25.6 Å². The van der Waals surface area contributed by atoms with Crippen LogP contribution >= 0.6 is 0 Å². The van der Waals surface area contributed by atoms with Crippen LogP contribution in [-0.4, -0.2) is 51.5 Å². The summed E-state index contributed by atoms with van der Waals surface area (Å²) in [7, 11) is -3.90. The van der Waals surface area contributed by atoms with Gasteiger partial charge >= 0.3 is 0 Å². The number of hydrogen-bond donors (Lipinski definition) is 1. The zero-order valence-corrected chi connectivity index (χ0v) is 17.9. The van der Waals surface area contributed by atoms with E-state index in [-0.39, 0.29) is 29.8 Å². The number of benzene rings is 2. The predicted octanol–water partition coefficient (Wildman–Crippen LogP) is 2.36. The lowest BCUT2D eigenvalue weighted by molar-refractivity contribution is -0.126. The van der Waals surface area contributed by atoms with Crippen LogP contribution in [-0.2, 0) is 21.2 Å². The molecule has 1 amide bonds. The molecule has 1 fully saturated rings. The molecule has 2 aromatic rings. The third-order valence-corrected chi connectivity index (χ3v) is 7.53. The number of rotatable bonds is 6. The molecule has 2 aliphatic heterocycles. The molecule has 7 nitrogen and oxygen atoms in total. The highest BCUT2D eigenvalue weighted by Gasteiger charge is 2.33. The maximum Gasteiger partial charge on any atom is 0.245 e. The highest BCUT2D eigenvalue weighted by atomic mass is 32.2. The Labute approximate surface area is 181 Å². The number of nitrogens with zero attached hydrogens (tertiary/aromatic N) is 1. The van der Waals surface area contributed by atoms with Crippen LogP contribution in [0.15, 0.2) is 47.4 Å². The fraction of sp³-hybridized carbons (Fsp3) is 0.409. The summed E-state index contributed by atoms with van der Waals surface area (Å²) in [5.41, 5.74) is 1.04. The van der Waals surface area contributed by atoms with Crippen molar-refractivity contribution in [3.05, 3.63) is 53.8 Å². The van der Waals surface area contributed by atoms with E-state index in [1.807, 2.05) is 18.2 Å². The zero-order chi connectivity index (χ0) is 21.8. The lowest BCUT2D eigenvalue weighted by Crippen LogP contribution is -2.43. The molecule has 1 N–H and O–H groups in total. The van der Waals surface area contributed by atoms with E-state index in [1.54, 1.807) is 0 Å². The van der Waals surface area contributed by atoms with Crippen LogP contribution in [0.25, 0.3) is 0 Å². The summed E-state index contributed by atoms with van der Waals surface area (Å²) in [5, 5.41) is 2.94. The Morgan fingerprint density at radius 3 is 2.52 bits per heavy atom. The van der Waals surface area contributed by atoms with E-state index in [4.69, 9.17) is 9.47 Å². The largest absolute Gasteiger partial charge is 0.486 e. The maximum absolute atomic E-state index is 13.9. The summed E-state index contributed by atoms with van der Waals surface area (Å²) in [6.07, 6.45) is 1.47. The number of piperidine rings is 1. The monoisotopic (exact) mass is 448 g/mol. The summed E-state index contributed by atoms with van der Waals surface area (Å²) in [6, 6.07) is 11.1. The van der Waals surface area contributed by atoms with Crippen LogP contribution in [0, 0.1) is 11.7 Å². The van der Waals surface area contributed by atoms with Crippen LogP contribution in [0.4, 0.5) is 4.39 Å². The van der Waals surface area contributed by atoms with Gasteiger partial charge in [0.15, 0.2) is 11.5 Å². The van der Waals surface area contributed by atoms with E-state index in [0.29, 0.717) is 39.0 Å². The molecule has 2 heterocycles. The molecule has 2 aliphatic rings. The number of hydrogen-bond acceptors (Lipinski definition) is 5. The Balaban J connectivity index is 1.26. The number of halogens is 1. The molecule has 0 unspecified atom stereocenters. The van der Waals surface area contributed by atoms with Gasteiger partial charge in [-0.15, -0.1) is 0 Å². The van der Waals surface area contributed by atoms with Crippen molar-refractivity contribution in [1.29, 1.82) is 0 Å². The minimum absolute atomic E-state index is 0.0829. The molecule has 0 radical (unpaired) electrons. The summed E-state index contributed by atoms with van der Waals surface area (Å²) in [6.45, 7) is 1.93. The summed E-state index contributed by atoms with van der Waals surface area (Å²) < 4.78 is 51.6. The lowest BCUT2D eigenvalue weighted by atomic mass is 9.97. The zero-order valence-electron chi connectivity index (χ0n) is 17.1. The fourth-order valence-corrected chi connectivity index (χ4v) is 5.40. The van der Waals surface area contributed by atoms with Crippen LogP contribution < -0.4 is 14.8 Å². The first-order valence-corrected chi connectivity index (χ1v) is 11.8. The van der Waals surface area contributed by atoms with E-state index in [2.05, 4.69) is 5.32 Å². The van der Waals surface area contributed by atoms with Crippen molar-refractivity contribution in [3.63, 3.8) is 0 Å². The molecule has 1 saturated heterocycles. The van der Waals surface area contributed by atoms with Crippen LogP contribution in [0.2, 0.25) is 0 Å². The number of carbonyl (C=O) groups excluding carboxylic acids is 1. The number of fused-ring (bicyclic) bond motifs is 1. The summed E-state index contributed by atoms with van der Waals surface area (Å²) >= 11 is 0. The molecule has 0 saturated carbocycles. The van der Waals surface area contributed by atoms with Gasteiger partial charge in [0.1, 0.15) is 23.9 Å². The number of carbonyl (C=O) groups is 1. The molecular weight excluding hydrogens is 423 g/mol. The molecule has 0 spiro atoms. The van der Waals surface area contributed by atoms with Crippen molar-refractivity contribution in [2.24, 2.45) is 5.92 Å². The highest BCUT2D eigenvalue weighted by Crippen LogP contribution is 2.31. The Hall–Kier alpha value is -2.65. The van der Waals surface area contributed by atoms with Crippen molar-refractivity contribution < 1.29 is 27.1 Å². The molecule has 31 heavy (non-hydrogen) atoms. The first kappa shape index (κ1) is 21.6. The minimum atomic E-state index is -3.90. The van der Waals surface area contributed by atoms with E-state index < -0.39 is 15.8 Å². The van der Waals surface area contributed by atoms with Gasteiger partial charge in [0.05, 0.1) is 0 Å². The van der Waals surface area contributed by atoms with Crippen LogP contribution in [0.1, 0.15) is 18.4 Å². The van der Waals surface area contributed by atoms with Gasteiger partial charge in [-0.2, -0.15) is 4.31 Å². The van der Waals surface area contributed by atoms with E-state index >= 15 is 0 Å². The number of ether oxygens (including phenoxy) is 2. The fourth-order valence-electron chi connectivity index (χ4n) is 3.87. The standard InChI is InChI=1S/C22H25FN2O5S/c23-18-3-1-2-4-21(18)31(27,28)25-11-8-17(9-12-25)22(26)24-10-7-16-5-6-19-20(15-16)30-14-13-29-19/h1-6,15,17H,7-14H2,(H,24,26). The van der Waals surface area contributed by atoms with Gasteiger partial charge in [-0.05, 0) is 49.1 Å². The SMILES string of the molecule is O=C(NCCc1ccc2c(c1)OCCO2)C1CCN(S(=O)(=O)c2ccccc2F)CC1. The van der Waals surface area contributed by atoms with Crippen molar-refractivity contribution in [2.75, 3.05) is 32.8 Å².